The van der Waals surface area contributed by atoms with Gasteiger partial charge < -0.3 is 5.32 Å². The minimum absolute atomic E-state index is 0.127. The molecule has 0 aliphatic carbocycles. The number of nitrogens with zero attached hydrogens (tertiary/aromatic N) is 1. The largest absolute Gasteiger partial charge is 0.338 e. The van der Waals surface area contributed by atoms with E-state index in [-0.39, 0.29) is 4.90 Å². The molecular formula is C16H14N2O3S. The summed E-state index contributed by atoms with van der Waals surface area (Å²) in [5, 5.41) is 9.94. The maximum absolute atomic E-state index is 12.7. The van der Waals surface area contributed by atoms with Crippen LogP contribution in [0.1, 0.15) is 22.1 Å². The fraction of sp³-hybridized carbons (Fsp3) is 0.125. The molecule has 0 bridgehead atoms. The van der Waals surface area contributed by atoms with E-state index in [0.717, 1.165) is 5.56 Å². The SMILES string of the molecule is Cc1ccc(S(=O)(=O)C(NC=O)c2ccc(C#N)cc2)cc1. The molecular weight excluding hydrogens is 300 g/mol. The molecule has 0 heterocycles. The predicted molar refractivity (Wildman–Crippen MR) is 81.5 cm³/mol. The fourth-order valence-electron chi connectivity index (χ4n) is 2.02. The Morgan fingerprint density at radius 2 is 1.68 bits per heavy atom. The van der Waals surface area contributed by atoms with Gasteiger partial charge in [0.25, 0.3) is 0 Å². The highest BCUT2D eigenvalue weighted by Gasteiger charge is 2.28. The number of sulfone groups is 1. The highest BCUT2D eigenvalue weighted by Crippen LogP contribution is 2.26. The van der Waals surface area contributed by atoms with E-state index in [1.807, 2.05) is 13.0 Å². The van der Waals surface area contributed by atoms with Crippen LogP contribution < -0.4 is 5.32 Å². The van der Waals surface area contributed by atoms with E-state index < -0.39 is 15.2 Å². The van der Waals surface area contributed by atoms with Crippen LogP contribution in [0.2, 0.25) is 0 Å². The number of amides is 1. The summed E-state index contributed by atoms with van der Waals surface area (Å²) in [5.41, 5.74) is 1.75. The second-order valence-electron chi connectivity index (χ2n) is 4.76. The third-order valence-electron chi connectivity index (χ3n) is 3.22. The molecule has 0 aliphatic heterocycles. The maximum Gasteiger partial charge on any atom is 0.208 e. The van der Waals surface area contributed by atoms with Crippen molar-refractivity contribution in [2.75, 3.05) is 0 Å². The monoisotopic (exact) mass is 314 g/mol. The molecule has 6 heteroatoms. The summed E-state index contributed by atoms with van der Waals surface area (Å²) in [6, 6.07) is 14.4. The van der Waals surface area contributed by atoms with Crippen molar-refractivity contribution in [3.8, 4) is 6.07 Å². The lowest BCUT2D eigenvalue weighted by Crippen LogP contribution is -2.27. The number of hydrogen-bond acceptors (Lipinski definition) is 4. The van der Waals surface area contributed by atoms with Crippen molar-refractivity contribution < 1.29 is 13.2 Å². The summed E-state index contributed by atoms with van der Waals surface area (Å²) in [4.78, 5) is 10.9. The van der Waals surface area contributed by atoms with E-state index in [4.69, 9.17) is 5.26 Å². The molecule has 0 aromatic heterocycles. The first-order valence-electron chi connectivity index (χ1n) is 6.49. The average Bonchev–Trinajstić information content (AvgIpc) is 2.53. The van der Waals surface area contributed by atoms with E-state index in [2.05, 4.69) is 5.32 Å². The van der Waals surface area contributed by atoms with Gasteiger partial charge in [-0.2, -0.15) is 5.26 Å². The fourth-order valence-corrected chi connectivity index (χ4v) is 3.56. The summed E-state index contributed by atoms with van der Waals surface area (Å²) in [6.07, 6.45) is 0.356. The van der Waals surface area contributed by atoms with E-state index in [1.165, 1.54) is 36.4 Å². The molecule has 0 radical (unpaired) electrons. The van der Waals surface area contributed by atoms with Gasteiger partial charge in [0, 0.05) is 0 Å². The molecule has 0 aliphatic rings. The van der Waals surface area contributed by atoms with Gasteiger partial charge in [-0.05, 0) is 36.8 Å². The number of carbonyl (C=O) groups is 1. The van der Waals surface area contributed by atoms with Crippen molar-refractivity contribution in [1.82, 2.24) is 5.32 Å². The second-order valence-corrected chi connectivity index (χ2v) is 6.79. The Bertz CT molecular complexity index is 804. The zero-order valence-electron chi connectivity index (χ0n) is 11.9. The van der Waals surface area contributed by atoms with Crippen LogP contribution in [-0.2, 0) is 14.6 Å². The van der Waals surface area contributed by atoms with Crippen molar-refractivity contribution in [3.05, 3.63) is 65.2 Å². The van der Waals surface area contributed by atoms with Gasteiger partial charge in [-0.25, -0.2) is 8.42 Å². The quantitative estimate of drug-likeness (QED) is 0.856. The van der Waals surface area contributed by atoms with Crippen molar-refractivity contribution in [3.63, 3.8) is 0 Å². The number of hydrogen-bond donors (Lipinski definition) is 1. The molecule has 1 N–H and O–H groups in total. The number of rotatable bonds is 5. The van der Waals surface area contributed by atoms with Crippen LogP contribution in [0.3, 0.4) is 0 Å². The normalized spacial score (nSPS) is 12.2. The molecule has 0 saturated heterocycles. The van der Waals surface area contributed by atoms with Crippen molar-refractivity contribution in [1.29, 1.82) is 5.26 Å². The smallest absolute Gasteiger partial charge is 0.208 e. The molecule has 22 heavy (non-hydrogen) atoms. The zero-order valence-corrected chi connectivity index (χ0v) is 12.7. The van der Waals surface area contributed by atoms with Gasteiger partial charge >= 0.3 is 0 Å². The first-order valence-corrected chi connectivity index (χ1v) is 8.04. The van der Waals surface area contributed by atoms with E-state index in [9.17, 15) is 13.2 Å². The first kappa shape index (κ1) is 15.7. The highest BCUT2D eigenvalue weighted by atomic mass is 32.2. The number of benzene rings is 2. The van der Waals surface area contributed by atoms with Gasteiger partial charge in [0.15, 0.2) is 5.37 Å². The summed E-state index contributed by atoms with van der Waals surface area (Å²) in [7, 11) is -3.78. The maximum atomic E-state index is 12.7. The number of nitrogens with one attached hydrogen (secondary N) is 1. The van der Waals surface area contributed by atoms with Gasteiger partial charge in [-0.15, -0.1) is 0 Å². The van der Waals surface area contributed by atoms with Crippen LogP contribution in [0, 0.1) is 18.3 Å². The molecule has 0 saturated carbocycles. The zero-order chi connectivity index (χ0) is 16.2. The predicted octanol–water partition coefficient (Wildman–Crippen LogP) is 2.09. The van der Waals surface area contributed by atoms with Gasteiger partial charge in [0.2, 0.25) is 16.2 Å². The molecule has 0 spiro atoms. The topological polar surface area (TPSA) is 87.0 Å². The van der Waals surface area contributed by atoms with E-state index in [1.54, 1.807) is 12.1 Å². The van der Waals surface area contributed by atoms with Crippen molar-refractivity contribution in [2.24, 2.45) is 0 Å². The van der Waals surface area contributed by atoms with Crippen LogP contribution in [0.5, 0.6) is 0 Å². The van der Waals surface area contributed by atoms with Gasteiger partial charge in [-0.3, -0.25) is 4.79 Å². The summed E-state index contributed by atoms with van der Waals surface area (Å²) >= 11 is 0. The number of nitriles is 1. The van der Waals surface area contributed by atoms with Gasteiger partial charge in [0.05, 0.1) is 16.5 Å². The number of aryl methyl sites for hydroxylation is 1. The average molecular weight is 314 g/mol. The molecule has 0 fully saturated rings. The lowest BCUT2D eigenvalue weighted by Gasteiger charge is -2.17. The molecule has 2 aromatic carbocycles. The Morgan fingerprint density at radius 3 is 2.18 bits per heavy atom. The lowest BCUT2D eigenvalue weighted by atomic mass is 10.1. The van der Waals surface area contributed by atoms with Crippen LogP contribution in [0.4, 0.5) is 0 Å². The summed E-state index contributed by atoms with van der Waals surface area (Å²) in [6.45, 7) is 1.86. The third kappa shape index (κ3) is 3.15. The highest BCUT2D eigenvalue weighted by molar-refractivity contribution is 7.91. The lowest BCUT2D eigenvalue weighted by molar-refractivity contribution is -0.109. The first-order chi connectivity index (χ1) is 10.5. The molecule has 5 nitrogen and oxygen atoms in total. The minimum Gasteiger partial charge on any atom is -0.338 e. The Labute approximate surface area is 129 Å². The second kappa shape index (κ2) is 6.41. The van der Waals surface area contributed by atoms with Crippen LogP contribution in [0.15, 0.2) is 53.4 Å². The Morgan fingerprint density at radius 1 is 1.09 bits per heavy atom. The van der Waals surface area contributed by atoms with E-state index >= 15 is 0 Å². The third-order valence-corrected chi connectivity index (χ3v) is 5.18. The van der Waals surface area contributed by atoms with Gasteiger partial charge in [0.1, 0.15) is 0 Å². The molecule has 1 unspecified atom stereocenters. The van der Waals surface area contributed by atoms with Crippen molar-refractivity contribution >= 4 is 16.2 Å². The summed E-state index contributed by atoms with van der Waals surface area (Å²) in [5.74, 6) is 0. The van der Waals surface area contributed by atoms with Crippen molar-refractivity contribution in [2.45, 2.75) is 17.2 Å². The number of carbonyl (C=O) groups excluding carboxylic acids is 1. The minimum atomic E-state index is -3.78. The van der Waals surface area contributed by atoms with Crippen LogP contribution in [-0.4, -0.2) is 14.8 Å². The molecule has 112 valence electrons. The van der Waals surface area contributed by atoms with Gasteiger partial charge in [-0.1, -0.05) is 29.8 Å². The molecule has 1 amide bonds. The summed E-state index contributed by atoms with van der Waals surface area (Å²) < 4.78 is 25.4. The molecule has 1 atom stereocenters. The van der Waals surface area contributed by atoms with Crippen LogP contribution >= 0.6 is 0 Å². The molecule has 2 rings (SSSR count). The Balaban J connectivity index is 2.47. The Kier molecular flexibility index (Phi) is 4.59. The molecule has 2 aromatic rings. The Hall–Kier alpha value is -2.65. The standard InChI is InChI=1S/C16H14N2O3S/c1-12-2-8-15(9-3-12)22(20,21)16(18-11-19)14-6-4-13(10-17)5-7-14/h2-9,11,16H,1H3,(H,18,19). The van der Waals surface area contributed by atoms with E-state index in [0.29, 0.717) is 17.5 Å². The van der Waals surface area contributed by atoms with Crippen LogP contribution in [0.25, 0.3) is 0 Å².